The molecule has 1 saturated heterocycles. The van der Waals surface area contributed by atoms with Crippen LogP contribution in [0.5, 0.6) is 0 Å². The molecule has 2 N–H and O–H groups in total. The number of piperazine rings is 1. The summed E-state index contributed by atoms with van der Waals surface area (Å²) in [7, 11) is 4.96. The molecule has 0 bridgehead atoms. The quantitative estimate of drug-likeness (QED) is 0.569. The minimum Gasteiger partial charge on any atom is -0.347 e. The Bertz CT molecular complexity index is 254. The molecule has 0 aromatic heterocycles. The molecule has 0 aliphatic carbocycles. The number of nitrogens with zero attached hydrogens (tertiary/aromatic N) is 2. The fourth-order valence-electron chi connectivity index (χ4n) is 1.61. The van der Waals surface area contributed by atoms with Crippen molar-refractivity contribution in [3.05, 3.63) is 0 Å². The third kappa shape index (κ3) is 2.59. The molecule has 3 amide bonds. The molecule has 0 saturated carbocycles. The number of carbonyl (C=O) groups excluding carboxylic acids is 2. The van der Waals surface area contributed by atoms with Crippen molar-refractivity contribution in [2.45, 2.75) is 6.04 Å². The molecule has 0 aromatic carbocycles. The monoisotopic (exact) mass is 214 g/mol. The number of nitrogens with one attached hydrogen (secondary N) is 2. The molecular weight excluding hydrogens is 196 g/mol. The summed E-state index contributed by atoms with van der Waals surface area (Å²) >= 11 is 0. The Kier molecular flexibility index (Phi) is 3.90. The van der Waals surface area contributed by atoms with E-state index in [9.17, 15) is 9.59 Å². The van der Waals surface area contributed by atoms with Crippen LogP contribution in [0.25, 0.3) is 0 Å². The first-order chi connectivity index (χ1) is 7.07. The standard InChI is InChI=1S/C9H18N4O2/c1-10-9(15)13-5-4-11-6-7(13)8(14)12(2)3/h7,11H,4-6H2,1-3H3,(H,10,15). The van der Waals surface area contributed by atoms with Gasteiger partial charge in [-0.2, -0.15) is 0 Å². The van der Waals surface area contributed by atoms with Gasteiger partial charge in [-0.05, 0) is 0 Å². The van der Waals surface area contributed by atoms with E-state index in [0.29, 0.717) is 13.1 Å². The van der Waals surface area contributed by atoms with Gasteiger partial charge < -0.3 is 20.4 Å². The van der Waals surface area contributed by atoms with Crippen LogP contribution >= 0.6 is 0 Å². The maximum atomic E-state index is 11.8. The number of urea groups is 1. The second kappa shape index (κ2) is 4.97. The lowest BCUT2D eigenvalue weighted by Gasteiger charge is -2.36. The van der Waals surface area contributed by atoms with Gasteiger partial charge in [0.15, 0.2) is 0 Å². The summed E-state index contributed by atoms with van der Waals surface area (Å²) < 4.78 is 0. The third-order valence-corrected chi connectivity index (χ3v) is 2.44. The summed E-state index contributed by atoms with van der Waals surface area (Å²) in [6, 6.07) is -0.592. The molecule has 0 radical (unpaired) electrons. The highest BCUT2D eigenvalue weighted by Crippen LogP contribution is 2.05. The van der Waals surface area contributed by atoms with Gasteiger partial charge in [0.2, 0.25) is 5.91 Å². The number of likely N-dealkylation sites (N-methyl/N-ethyl adjacent to an activating group) is 1. The van der Waals surface area contributed by atoms with E-state index in [1.54, 1.807) is 26.0 Å². The second-order valence-corrected chi connectivity index (χ2v) is 3.70. The maximum Gasteiger partial charge on any atom is 0.317 e. The van der Waals surface area contributed by atoms with Crippen LogP contribution in [0.3, 0.4) is 0 Å². The summed E-state index contributed by atoms with van der Waals surface area (Å²) in [6.45, 7) is 1.80. The average Bonchev–Trinajstić information content (AvgIpc) is 2.27. The van der Waals surface area contributed by atoms with Crippen molar-refractivity contribution in [2.24, 2.45) is 0 Å². The zero-order valence-electron chi connectivity index (χ0n) is 9.41. The zero-order chi connectivity index (χ0) is 11.4. The molecule has 0 spiro atoms. The van der Waals surface area contributed by atoms with Crippen molar-refractivity contribution in [1.29, 1.82) is 0 Å². The van der Waals surface area contributed by atoms with Gasteiger partial charge in [-0.25, -0.2) is 4.79 Å². The lowest BCUT2D eigenvalue weighted by atomic mass is 10.2. The Labute approximate surface area is 89.6 Å². The number of rotatable bonds is 1. The second-order valence-electron chi connectivity index (χ2n) is 3.70. The smallest absolute Gasteiger partial charge is 0.317 e. The fourth-order valence-corrected chi connectivity index (χ4v) is 1.61. The van der Waals surface area contributed by atoms with Gasteiger partial charge in [-0.3, -0.25) is 4.79 Å². The van der Waals surface area contributed by atoms with Gasteiger partial charge >= 0.3 is 6.03 Å². The first-order valence-corrected chi connectivity index (χ1v) is 4.98. The van der Waals surface area contributed by atoms with Crippen molar-refractivity contribution in [1.82, 2.24) is 20.4 Å². The molecule has 86 valence electrons. The Morgan fingerprint density at radius 3 is 2.67 bits per heavy atom. The molecule has 1 aliphatic heterocycles. The Balaban J connectivity index is 2.73. The van der Waals surface area contributed by atoms with Gasteiger partial charge in [0.25, 0.3) is 0 Å². The van der Waals surface area contributed by atoms with Gasteiger partial charge in [-0.15, -0.1) is 0 Å². The lowest BCUT2D eigenvalue weighted by Crippen LogP contribution is -2.60. The minimum absolute atomic E-state index is 0.0502. The number of amides is 3. The van der Waals surface area contributed by atoms with Gasteiger partial charge in [0.1, 0.15) is 6.04 Å². The van der Waals surface area contributed by atoms with Crippen LogP contribution in [0.4, 0.5) is 4.79 Å². The van der Waals surface area contributed by atoms with Crippen molar-refractivity contribution < 1.29 is 9.59 Å². The molecule has 1 atom stereocenters. The molecule has 1 unspecified atom stereocenters. The average molecular weight is 214 g/mol. The number of hydrogen-bond donors (Lipinski definition) is 2. The molecule has 1 rings (SSSR count). The first-order valence-electron chi connectivity index (χ1n) is 4.98. The van der Waals surface area contributed by atoms with Gasteiger partial charge in [-0.1, -0.05) is 0 Å². The zero-order valence-corrected chi connectivity index (χ0v) is 9.41. The first kappa shape index (κ1) is 11.8. The van der Waals surface area contributed by atoms with E-state index in [1.165, 1.54) is 4.90 Å². The Morgan fingerprint density at radius 2 is 2.13 bits per heavy atom. The van der Waals surface area contributed by atoms with E-state index >= 15 is 0 Å². The third-order valence-electron chi connectivity index (χ3n) is 2.44. The van der Waals surface area contributed by atoms with Gasteiger partial charge in [0.05, 0.1) is 0 Å². The highest BCUT2D eigenvalue weighted by Gasteiger charge is 2.32. The fraction of sp³-hybridized carbons (Fsp3) is 0.778. The van der Waals surface area contributed by atoms with E-state index in [2.05, 4.69) is 10.6 Å². The normalized spacial score (nSPS) is 21.0. The summed E-state index contributed by atoms with van der Waals surface area (Å²) in [4.78, 5) is 26.4. The highest BCUT2D eigenvalue weighted by molar-refractivity contribution is 5.87. The van der Waals surface area contributed by atoms with Crippen molar-refractivity contribution in [2.75, 3.05) is 40.8 Å². The number of carbonyl (C=O) groups is 2. The SMILES string of the molecule is CNC(=O)N1CCNCC1C(=O)N(C)C. The highest BCUT2D eigenvalue weighted by atomic mass is 16.2. The molecule has 6 nitrogen and oxygen atoms in total. The van der Waals surface area contributed by atoms with Crippen LogP contribution < -0.4 is 10.6 Å². The predicted molar refractivity (Wildman–Crippen MR) is 56.5 cm³/mol. The molecule has 15 heavy (non-hydrogen) atoms. The summed E-state index contributed by atoms with van der Waals surface area (Å²) in [6.07, 6.45) is 0. The lowest BCUT2D eigenvalue weighted by molar-refractivity contribution is -0.133. The maximum absolute atomic E-state index is 11.8. The molecule has 1 aliphatic rings. The molecule has 1 fully saturated rings. The van der Waals surface area contributed by atoms with Crippen molar-refractivity contribution in [3.63, 3.8) is 0 Å². The summed E-state index contributed by atoms with van der Waals surface area (Å²) in [5, 5.41) is 5.66. The topological polar surface area (TPSA) is 64.7 Å². The van der Waals surface area contributed by atoms with Gasteiger partial charge in [0, 0.05) is 40.8 Å². The largest absolute Gasteiger partial charge is 0.347 e. The Morgan fingerprint density at radius 1 is 1.47 bits per heavy atom. The van der Waals surface area contributed by atoms with Crippen LogP contribution in [0.1, 0.15) is 0 Å². The summed E-state index contributed by atoms with van der Waals surface area (Å²) in [5.74, 6) is -0.0502. The molecule has 1 heterocycles. The minimum atomic E-state index is -0.395. The van der Waals surface area contributed by atoms with E-state index in [4.69, 9.17) is 0 Å². The molecule has 0 aromatic rings. The van der Waals surface area contributed by atoms with E-state index in [0.717, 1.165) is 6.54 Å². The number of hydrogen-bond acceptors (Lipinski definition) is 3. The van der Waals surface area contributed by atoms with Crippen LogP contribution in [0.2, 0.25) is 0 Å². The molecule has 6 heteroatoms. The van der Waals surface area contributed by atoms with Crippen LogP contribution in [0.15, 0.2) is 0 Å². The van der Waals surface area contributed by atoms with Crippen LogP contribution in [-0.2, 0) is 4.79 Å². The van der Waals surface area contributed by atoms with Crippen LogP contribution in [0, 0.1) is 0 Å². The van der Waals surface area contributed by atoms with Crippen molar-refractivity contribution in [3.8, 4) is 0 Å². The van der Waals surface area contributed by atoms with E-state index in [-0.39, 0.29) is 11.9 Å². The summed E-state index contributed by atoms with van der Waals surface area (Å²) in [5.41, 5.74) is 0. The van der Waals surface area contributed by atoms with E-state index < -0.39 is 6.04 Å². The van der Waals surface area contributed by atoms with Crippen LogP contribution in [-0.4, -0.2) is 68.6 Å². The molecular formula is C9H18N4O2. The Hall–Kier alpha value is -1.30. The predicted octanol–water partition coefficient (Wildman–Crippen LogP) is -1.31. The van der Waals surface area contributed by atoms with E-state index in [1.807, 2.05) is 0 Å². The van der Waals surface area contributed by atoms with Crippen molar-refractivity contribution >= 4 is 11.9 Å².